The number of aromatic nitrogens is 8. The van der Waals surface area contributed by atoms with Crippen molar-refractivity contribution >= 4 is 43.6 Å². The van der Waals surface area contributed by atoms with Gasteiger partial charge in [-0.3, -0.25) is 4.57 Å². The Kier molecular flexibility index (Phi) is 9.31. The highest BCUT2D eigenvalue weighted by atomic mass is 15.2. The van der Waals surface area contributed by atoms with Crippen LogP contribution in [0.25, 0.3) is 123 Å². The van der Waals surface area contributed by atoms with Gasteiger partial charge in [-0.25, -0.2) is 19.9 Å². The Morgan fingerprint density at radius 1 is 0.250 bits per heavy atom. The van der Waals surface area contributed by atoms with Crippen molar-refractivity contribution in [1.82, 2.24) is 39.0 Å². The van der Waals surface area contributed by atoms with Gasteiger partial charge in [-0.1, -0.05) is 188 Å². The number of nitrogens with zero attached hydrogens (tertiary/aromatic N) is 8. The molecule has 0 aliphatic carbocycles. The summed E-state index contributed by atoms with van der Waals surface area (Å²) in [7, 11) is 0. The van der Waals surface area contributed by atoms with Gasteiger partial charge >= 0.3 is 0 Å². The summed E-state index contributed by atoms with van der Waals surface area (Å²) in [4.78, 5) is 30.8. The molecule has 0 aliphatic heterocycles. The van der Waals surface area contributed by atoms with Gasteiger partial charge in [0.05, 0.1) is 22.1 Å². The highest BCUT2D eigenvalue weighted by Gasteiger charge is 2.24. The van der Waals surface area contributed by atoms with Crippen molar-refractivity contribution in [1.29, 1.82) is 0 Å². The standard InChI is InChI=1S/C60H38N8/c1-5-19-39(20-6-1)45-27-13-14-29-48(45)59-64-58(42-25-11-4-12-26-42)65-60(66-59)68-51-32-18-16-30-49(51)53-52(68)38-37-47-46-28-15-17-31-50(46)67(54(47)53)44-35-33-43(34-36-44)57-62-55(40-21-7-2-8-22-40)61-56(63-57)41-23-9-3-10-24-41/h1-38H. The van der Waals surface area contributed by atoms with Crippen molar-refractivity contribution in [3.63, 3.8) is 0 Å². The molecule has 0 aliphatic rings. The molecular weight excluding hydrogens is 833 g/mol. The largest absolute Gasteiger partial charge is 0.309 e. The van der Waals surface area contributed by atoms with Gasteiger partial charge in [-0.05, 0) is 53.6 Å². The molecule has 8 heteroatoms. The van der Waals surface area contributed by atoms with Crippen LogP contribution in [0.5, 0.6) is 0 Å². The van der Waals surface area contributed by atoms with Gasteiger partial charge in [-0.15, -0.1) is 0 Å². The smallest absolute Gasteiger partial charge is 0.238 e. The fourth-order valence-electron chi connectivity index (χ4n) is 9.54. The van der Waals surface area contributed by atoms with Gasteiger partial charge < -0.3 is 4.57 Å². The van der Waals surface area contributed by atoms with E-state index in [1.54, 1.807) is 0 Å². The summed E-state index contributed by atoms with van der Waals surface area (Å²) in [5.41, 5.74) is 11.9. The lowest BCUT2D eigenvalue weighted by Crippen LogP contribution is -2.06. The Bertz CT molecular complexity index is 3940. The second-order valence-corrected chi connectivity index (χ2v) is 16.7. The lowest BCUT2D eigenvalue weighted by atomic mass is 9.99. The van der Waals surface area contributed by atoms with E-state index in [0.717, 1.165) is 88.2 Å². The zero-order chi connectivity index (χ0) is 45.0. The van der Waals surface area contributed by atoms with Crippen LogP contribution in [0.15, 0.2) is 231 Å². The molecule has 4 aromatic heterocycles. The number of para-hydroxylation sites is 2. The van der Waals surface area contributed by atoms with E-state index in [1.807, 2.05) is 91.0 Å². The van der Waals surface area contributed by atoms with Crippen molar-refractivity contribution in [3.8, 4) is 79.7 Å². The molecule has 0 fully saturated rings. The maximum Gasteiger partial charge on any atom is 0.238 e. The lowest BCUT2D eigenvalue weighted by Gasteiger charge is -2.13. The highest BCUT2D eigenvalue weighted by molar-refractivity contribution is 6.26. The predicted molar refractivity (Wildman–Crippen MR) is 275 cm³/mol. The minimum atomic E-state index is 0.538. The van der Waals surface area contributed by atoms with E-state index in [0.29, 0.717) is 35.1 Å². The molecule has 0 radical (unpaired) electrons. The van der Waals surface area contributed by atoms with E-state index in [1.165, 1.54) is 0 Å². The molecule has 0 saturated carbocycles. The molecule has 0 bridgehead atoms. The summed E-state index contributed by atoms with van der Waals surface area (Å²) in [5, 5.41) is 4.50. The van der Waals surface area contributed by atoms with E-state index in [2.05, 4.69) is 149 Å². The predicted octanol–water partition coefficient (Wildman–Crippen LogP) is 14.3. The molecular formula is C60H38N8. The van der Waals surface area contributed by atoms with Gasteiger partial charge in [0.2, 0.25) is 5.95 Å². The van der Waals surface area contributed by atoms with Gasteiger partial charge in [0.25, 0.3) is 0 Å². The monoisotopic (exact) mass is 870 g/mol. The zero-order valence-corrected chi connectivity index (χ0v) is 36.5. The van der Waals surface area contributed by atoms with Gasteiger partial charge in [0.1, 0.15) is 0 Å². The van der Waals surface area contributed by atoms with Crippen LogP contribution in [-0.4, -0.2) is 39.0 Å². The summed E-state index contributed by atoms with van der Waals surface area (Å²) in [5.74, 6) is 3.59. The molecule has 0 N–H and O–H groups in total. The Hall–Kier alpha value is -9.40. The van der Waals surface area contributed by atoms with Crippen LogP contribution in [0.2, 0.25) is 0 Å². The summed E-state index contributed by atoms with van der Waals surface area (Å²) < 4.78 is 4.59. The van der Waals surface area contributed by atoms with Crippen LogP contribution in [0, 0.1) is 0 Å². The molecule has 8 nitrogen and oxygen atoms in total. The molecule has 9 aromatic carbocycles. The Morgan fingerprint density at radius 3 is 1.26 bits per heavy atom. The van der Waals surface area contributed by atoms with Crippen LogP contribution < -0.4 is 0 Å². The normalized spacial score (nSPS) is 11.5. The molecule has 0 atom stereocenters. The molecule has 68 heavy (non-hydrogen) atoms. The maximum atomic E-state index is 5.37. The van der Waals surface area contributed by atoms with Crippen molar-refractivity contribution in [3.05, 3.63) is 231 Å². The molecule has 318 valence electrons. The molecule has 0 amide bonds. The first-order valence-corrected chi connectivity index (χ1v) is 22.6. The fourth-order valence-corrected chi connectivity index (χ4v) is 9.54. The Balaban J connectivity index is 1.02. The van der Waals surface area contributed by atoms with Crippen molar-refractivity contribution < 1.29 is 0 Å². The second kappa shape index (κ2) is 16.2. The Labute approximate surface area is 391 Å². The summed E-state index contributed by atoms with van der Waals surface area (Å²) in [6.07, 6.45) is 0. The first kappa shape index (κ1) is 39.0. The van der Waals surface area contributed by atoms with Crippen LogP contribution in [0.1, 0.15) is 0 Å². The Morgan fingerprint density at radius 2 is 0.676 bits per heavy atom. The van der Waals surface area contributed by atoms with E-state index >= 15 is 0 Å². The zero-order valence-electron chi connectivity index (χ0n) is 36.5. The lowest BCUT2D eigenvalue weighted by molar-refractivity contribution is 0.954. The van der Waals surface area contributed by atoms with Crippen molar-refractivity contribution in [2.24, 2.45) is 0 Å². The van der Waals surface area contributed by atoms with Crippen LogP contribution in [-0.2, 0) is 0 Å². The van der Waals surface area contributed by atoms with Crippen molar-refractivity contribution in [2.45, 2.75) is 0 Å². The van der Waals surface area contributed by atoms with E-state index in [9.17, 15) is 0 Å². The van der Waals surface area contributed by atoms with Crippen LogP contribution in [0.3, 0.4) is 0 Å². The number of benzene rings is 9. The van der Waals surface area contributed by atoms with E-state index in [-0.39, 0.29) is 0 Å². The van der Waals surface area contributed by atoms with E-state index < -0.39 is 0 Å². The minimum absolute atomic E-state index is 0.538. The van der Waals surface area contributed by atoms with Crippen LogP contribution in [0.4, 0.5) is 0 Å². The quantitative estimate of drug-likeness (QED) is 0.151. The molecule has 0 spiro atoms. The number of hydrogen-bond donors (Lipinski definition) is 0. The third-order valence-corrected chi connectivity index (χ3v) is 12.7. The van der Waals surface area contributed by atoms with Crippen LogP contribution >= 0.6 is 0 Å². The number of rotatable bonds is 8. The number of fused-ring (bicyclic) bond motifs is 7. The van der Waals surface area contributed by atoms with Crippen molar-refractivity contribution in [2.75, 3.05) is 0 Å². The molecule has 13 rings (SSSR count). The van der Waals surface area contributed by atoms with E-state index in [4.69, 9.17) is 29.9 Å². The first-order valence-electron chi connectivity index (χ1n) is 22.6. The molecule has 13 aromatic rings. The van der Waals surface area contributed by atoms with Gasteiger partial charge in [0.15, 0.2) is 29.1 Å². The summed E-state index contributed by atoms with van der Waals surface area (Å²) in [6, 6.07) is 79.3. The molecule has 0 saturated heterocycles. The highest BCUT2D eigenvalue weighted by Crippen LogP contribution is 2.42. The average molecular weight is 871 g/mol. The minimum Gasteiger partial charge on any atom is -0.309 e. The number of hydrogen-bond acceptors (Lipinski definition) is 6. The third-order valence-electron chi connectivity index (χ3n) is 12.7. The molecule has 0 unspecified atom stereocenters. The molecule has 4 heterocycles. The summed E-state index contributed by atoms with van der Waals surface area (Å²) >= 11 is 0. The van der Waals surface area contributed by atoms with Gasteiger partial charge in [0, 0.05) is 55.0 Å². The van der Waals surface area contributed by atoms with Gasteiger partial charge in [-0.2, -0.15) is 9.97 Å². The summed E-state index contributed by atoms with van der Waals surface area (Å²) in [6.45, 7) is 0. The first-order chi connectivity index (χ1) is 33.7. The SMILES string of the molecule is c1ccc(-c2nc(-c3ccccc3)nc(-c3ccc(-n4c5ccccc5c5ccc6c(c7ccccc7n6-c6nc(-c7ccccc7)nc(-c7ccccc7-c7ccccc7)n6)c54)cc3)n2)cc1. The fraction of sp³-hybridized carbons (Fsp3) is 0. The third kappa shape index (κ3) is 6.62. The second-order valence-electron chi connectivity index (χ2n) is 16.7. The average Bonchev–Trinajstić information content (AvgIpc) is 3.95. The maximum absolute atomic E-state index is 5.37. The topological polar surface area (TPSA) is 87.2 Å².